The highest BCUT2D eigenvalue weighted by molar-refractivity contribution is 7.16. The SMILES string of the molecule is CN(C)Cc1cc(CC(=O)O)sc1Cl. The monoisotopic (exact) mass is 233 g/mol. The molecule has 3 nitrogen and oxygen atoms in total. The summed E-state index contributed by atoms with van der Waals surface area (Å²) in [6.45, 7) is 0.745. The Kier molecular flexibility index (Phi) is 3.92. The highest BCUT2D eigenvalue weighted by Gasteiger charge is 2.10. The van der Waals surface area contributed by atoms with E-state index in [0.717, 1.165) is 17.0 Å². The van der Waals surface area contributed by atoms with Crippen LogP contribution in [0, 0.1) is 0 Å². The number of hydrogen-bond acceptors (Lipinski definition) is 3. The van der Waals surface area contributed by atoms with Crippen LogP contribution in [0.4, 0.5) is 0 Å². The van der Waals surface area contributed by atoms with E-state index in [1.807, 2.05) is 25.1 Å². The molecule has 0 bridgehead atoms. The van der Waals surface area contributed by atoms with Gasteiger partial charge in [-0.25, -0.2) is 0 Å². The summed E-state index contributed by atoms with van der Waals surface area (Å²) in [6, 6.07) is 1.86. The second-order valence-corrected chi connectivity index (χ2v) is 5.06. The molecule has 0 spiro atoms. The molecule has 0 radical (unpaired) electrons. The first-order valence-corrected chi connectivity index (χ1v) is 5.32. The van der Waals surface area contributed by atoms with Crippen molar-refractivity contribution in [1.82, 2.24) is 4.90 Å². The summed E-state index contributed by atoms with van der Waals surface area (Å²) in [6.07, 6.45) is 0.0534. The molecule has 0 aliphatic rings. The van der Waals surface area contributed by atoms with Crippen molar-refractivity contribution in [2.75, 3.05) is 14.1 Å². The van der Waals surface area contributed by atoms with Crippen LogP contribution in [0.15, 0.2) is 6.07 Å². The van der Waals surface area contributed by atoms with Crippen LogP contribution in [0.5, 0.6) is 0 Å². The Balaban J connectivity index is 2.76. The molecule has 1 heterocycles. The Morgan fingerprint density at radius 1 is 1.64 bits per heavy atom. The Morgan fingerprint density at radius 2 is 2.29 bits per heavy atom. The number of thiophene rings is 1. The van der Waals surface area contributed by atoms with Crippen LogP contribution in [-0.2, 0) is 17.8 Å². The summed E-state index contributed by atoms with van der Waals surface area (Å²) >= 11 is 7.31. The minimum atomic E-state index is -0.820. The number of nitrogens with zero attached hydrogens (tertiary/aromatic N) is 1. The molecular formula is C9H12ClNO2S. The second kappa shape index (κ2) is 4.77. The lowest BCUT2D eigenvalue weighted by Gasteiger charge is -2.07. The van der Waals surface area contributed by atoms with Crippen molar-refractivity contribution in [2.45, 2.75) is 13.0 Å². The Bertz CT molecular complexity index is 336. The number of halogens is 1. The van der Waals surface area contributed by atoms with E-state index < -0.39 is 5.97 Å². The average molecular weight is 234 g/mol. The van der Waals surface area contributed by atoms with E-state index in [9.17, 15) is 4.79 Å². The maximum Gasteiger partial charge on any atom is 0.308 e. The van der Waals surface area contributed by atoms with E-state index >= 15 is 0 Å². The maximum atomic E-state index is 10.5. The predicted octanol–water partition coefficient (Wildman–Crippen LogP) is 2.09. The minimum absolute atomic E-state index is 0.0534. The molecule has 5 heteroatoms. The lowest BCUT2D eigenvalue weighted by atomic mass is 10.2. The molecular weight excluding hydrogens is 222 g/mol. The lowest BCUT2D eigenvalue weighted by Crippen LogP contribution is -2.10. The fourth-order valence-electron chi connectivity index (χ4n) is 1.15. The zero-order valence-electron chi connectivity index (χ0n) is 8.08. The standard InChI is InChI=1S/C9H12ClNO2S/c1-11(2)5-6-3-7(4-8(12)13)14-9(6)10/h3H,4-5H2,1-2H3,(H,12,13). The van der Waals surface area contributed by atoms with Crippen molar-refractivity contribution in [3.05, 3.63) is 20.8 Å². The Morgan fingerprint density at radius 3 is 2.79 bits per heavy atom. The molecule has 1 rings (SSSR count). The van der Waals surface area contributed by atoms with Gasteiger partial charge in [0, 0.05) is 11.4 Å². The van der Waals surface area contributed by atoms with Gasteiger partial charge in [-0.15, -0.1) is 11.3 Å². The Hall–Kier alpha value is -0.580. The van der Waals surface area contributed by atoms with Gasteiger partial charge in [0.1, 0.15) is 0 Å². The van der Waals surface area contributed by atoms with Crippen molar-refractivity contribution >= 4 is 28.9 Å². The molecule has 0 atom stereocenters. The van der Waals surface area contributed by atoms with Crippen LogP contribution in [0.25, 0.3) is 0 Å². The van der Waals surface area contributed by atoms with Crippen LogP contribution >= 0.6 is 22.9 Å². The first-order chi connectivity index (χ1) is 6.49. The van der Waals surface area contributed by atoms with Crippen LogP contribution in [0.3, 0.4) is 0 Å². The van der Waals surface area contributed by atoms with E-state index in [2.05, 4.69) is 0 Å². The van der Waals surface area contributed by atoms with Gasteiger partial charge < -0.3 is 10.0 Å². The molecule has 0 unspecified atom stereocenters. The van der Waals surface area contributed by atoms with Gasteiger partial charge in [0.05, 0.1) is 10.8 Å². The van der Waals surface area contributed by atoms with E-state index in [4.69, 9.17) is 16.7 Å². The molecule has 0 saturated heterocycles. The van der Waals surface area contributed by atoms with Crippen molar-refractivity contribution in [2.24, 2.45) is 0 Å². The normalized spacial score (nSPS) is 10.9. The lowest BCUT2D eigenvalue weighted by molar-refractivity contribution is -0.136. The molecule has 1 aromatic heterocycles. The zero-order chi connectivity index (χ0) is 10.7. The number of carboxylic acids is 1. The molecule has 1 aromatic rings. The van der Waals surface area contributed by atoms with Gasteiger partial charge in [0.25, 0.3) is 0 Å². The molecule has 0 amide bonds. The highest BCUT2D eigenvalue weighted by atomic mass is 35.5. The molecule has 14 heavy (non-hydrogen) atoms. The molecule has 0 saturated carbocycles. The van der Waals surface area contributed by atoms with Crippen molar-refractivity contribution in [3.8, 4) is 0 Å². The average Bonchev–Trinajstić information content (AvgIpc) is 2.28. The van der Waals surface area contributed by atoms with Crippen LogP contribution in [0.1, 0.15) is 10.4 Å². The second-order valence-electron chi connectivity index (χ2n) is 3.32. The maximum absolute atomic E-state index is 10.5. The first-order valence-electron chi connectivity index (χ1n) is 4.12. The van der Waals surface area contributed by atoms with Gasteiger partial charge in [-0.1, -0.05) is 11.6 Å². The molecule has 0 aromatic carbocycles. The summed E-state index contributed by atoms with van der Waals surface area (Å²) < 4.78 is 0.690. The number of hydrogen-bond donors (Lipinski definition) is 1. The smallest absolute Gasteiger partial charge is 0.308 e. The van der Waals surface area contributed by atoms with Gasteiger partial charge >= 0.3 is 5.97 Å². The predicted molar refractivity (Wildman–Crippen MR) is 58.1 cm³/mol. The number of aliphatic carboxylic acids is 1. The molecule has 0 aliphatic carbocycles. The van der Waals surface area contributed by atoms with E-state index in [0.29, 0.717) is 4.34 Å². The number of rotatable bonds is 4. The highest BCUT2D eigenvalue weighted by Crippen LogP contribution is 2.28. The van der Waals surface area contributed by atoms with Gasteiger partial charge in [-0.3, -0.25) is 4.79 Å². The van der Waals surface area contributed by atoms with Crippen molar-refractivity contribution in [1.29, 1.82) is 0 Å². The van der Waals surface area contributed by atoms with E-state index in [1.54, 1.807) is 0 Å². The van der Waals surface area contributed by atoms with Gasteiger partial charge in [-0.2, -0.15) is 0 Å². The molecule has 0 fully saturated rings. The number of carboxylic acid groups (broad SMARTS) is 1. The fourth-order valence-corrected chi connectivity index (χ4v) is 2.44. The van der Waals surface area contributed by atoms with Crippen molar-refractivity contribution in [3.63, 3.8) is 0 Å². The molecule has 1 N–H and O–H groups in total. The van der Waals surface area contributed by atoms with Crippen LogP contribution in [0.2, 0.25) is 4.34 Å². The summed E-state index contributed by atoms with van der Waals surface area (Å²) in [5.41, 5.74) is 0.998. The fraction of sp³-hybridized carbons (Fsp3) is 0.444. The van der Waals surface area contributed by atoms with Gasteiger partial charge in [0.15, 0.2) is 0 Å². The first kappa shape index (κ1) is 11.5. The largest absolute Gasteiger partial charge is 0.481 e. The number of carbonyl (C=O) groups is 1. The summed E-state index contributed by atoms with van der Waals surface area (Å²) in [4.78, 5) is 13.3. The molecule has 78 valence electrons. The van der Waals surface area contributed by atoms with E-state index in [-0.39, 0.29) is 6.42 Å². The Labute approximate surface area is 91.9 Å². The zero-order valence-corrected chi connectivity index (χ0v) is 9.65. The summed E-state index contributed by atoms with van der Waals surface area (Å²) in [5.74, 6) is -0.820. The van der Waals surface area contributed by atoms with Gasteiger partial charge in [-0.05, 0) is 25.7 Å². The van der Waals surface area contributed by atoms with Crippen LogP contribution < -0.4 is 0 Å². The van der Waals surface area contributed by atoms with Crippen molar-refractivity contribution < 1.29 is 9.90 Å². The van der Waals surface area contributed by atoms with E-state index in [1.165, 1.54) is 11.3 Å². The minimum Gasteiger partial charge on any atom is -0.481 e. The van der Waals surface area contributed by atoms with Gasteiger partial charge in [0.2, 0.25) is 0 Å². The summed E-state index contributed by atoms with van der Waals surface area (Å²) in [7, 11) is 3.90. The summed E-state index contributed by atoms with van der Waals surface area (Å²) in [5, 5.41) is 8.60. The quantitative estimate of drug-likeness (QED) is 0.866. The third-order valence-corrected chi connectivity index (χ3v) is 3.06. The third kappa shape index (κ3) is 3.29. The van der Waals surface area contributed by atoms with Crippen LogP contribution in [-0.4, -0.2) is 30.1 Å². The molecule has 0 aliphatic heterocycles. The third-order valence-electron chi connectivity index (χ3n) is 1.62. The topological polar surface area (TPSA) is 40.5 Å².